The fourth-order valence-electron chi connectivity index (χ4n) is 2.92. The van der Waals surface area contributed by atoms with Crippen LogP contribution in [0.3, 0.4) is 0 Å². The molecule has 8 heteroatoms. The molecule has 1 aromatic carbocycles. The van der Waals surface area contributed by atoms with Crippen molar-refractivity contribution in [2.24, 2.45) is 10.5 Å². The maximum Gasteiger partial charge on any atom is 0.435 e. The highest BCUT2D eigenvalue weighted by Crippen LogP contribution is 2.42. The summed E-state index contributed by atoms with van der Waals surface area (Å²) in [6.45, 7) is 9.69. The van der Waals surface area contributed by atoms with Gasteiger partial charge in [-0.3, -0.25) is 4.79 Å². The van der Waals surface area contributed by atoms with Crippen LogP contribution in [0.15, 0.2) is 41.6 Å². The number of rotatable bonds is 7. The molecule has 0 radical (unpaired) electrons. The molecule has 1 aromatic rings. The van der Waals surface area contributed by atoms with Gasteiger partial charge in [0.1, 0.15) is 5.75 Å². The predicted molar refractivity (Wildman–Crippen MR) is 103 cm³/mol. The molecule has 1 amide bonds. The molecule has 0 spiro atoms. The minimum Gasteiger partial charge on any atom is -0.497 e. The average molecular weight is 390 g/mol. The minimum atomic E-state index is -1.46. The molecule has 152 valence electrons. The largest absolute Gasteiger partial charge is 0.497 e. The van der Waals surface area contributed by atoms with Crippen LogP contribution < -0.4 is 4.74 Å². The van der Waals surface area contributed by atoms with Gasteiger partial charge in [0.25, 0.3) is 0 Å². The fourth-order valence-corrected chi connectivity index (χ4v) is 2.92. The van der Waals surface area contributed by atoms with Crippen LogP contribution in [0.5, 0.6) is 5.75 Å². The summed E-state index contributed by atoms with van der Waals surface area (Å²) in [6.07, 6.45) is -0.575. The number of methoxy groups -OCH3 is 1. The Morgan fingerprint density at radius 3 is 2.25 bits per heavy atom. The van der Waals surface area contributed by atoms with Gasteiger partial charge in [-0.1, -0.05) is 18.7 Å². The van der Waals surface area contributed by atoms with Crippen molar-refractivity contribution in [2.75, 3.05) is 26.9 Å². The Labute approximate surface area is 164 Å². The Morgan fingerprint density at radius 2 is 1.71 bits per heavy atom. The number of amides is 1. The van der Waals surface area contributed by atoms with Crippen LogP contribution in [0.2, 0.25) is 0 Å². The molecule has 0 aliphatic carbocycles. The first kappa shape index (κ1) is 21.3. The molecule has 8 nitrogen and oxygen atoms in total. The van der Waals surface area contributed by atoms with Crippen molar-refractivity contribution in [2.45, 2.75) is 27.2 Å². The number of hydrogen-bond donors (Lipinski definition) is 0. The van der Waals surface area contributed by atoms with Gasteiger partial charge in [0, 0.05) is 6.42 Å². The molecule has 1 unspecified atom stereocenters. The summed E-state index contributed by atoms with van der Waals surface area (Å²) >= 11 is 0. The van der Waals surface area contributed by atoms with Crippen molar-refractivity contribution in [3.05, 3.63) is 42.1 Å². The molecule has 28 heavy (non-hydrogen) atoms. The molecule has 2 rings (SSSR count). The van der Waals surface area contributed by atoms with Crippen molar-refractivity contribution in [1.29, 1.82) is 0 Å². The summed E-state index contributed by atoms with van der Waals surface area (Å²) < 4.78 is 21.2. The number of carbonyl (C=O) groups excluding carboxylic acids is 2. The zero-order valence-corrected chi connectivity index (χ0v) is 16.7. The van der Waals surface area contributed by atoms with E-state index in [0.29, 0.717) is 5.75 Å². The van der Waals surface area contributed by atoms with Gasteiger partial charge in [-0.2, -0.15) is 5.01 Å². The molecule has 0 saturated carbocycles. The van der Waals surface area contributed by atoms with Gasteiger partial charge in [0.05, 0.1) is 32.6 Å². The van der Waals surface area contributed by atoms with Gasteiger partial charge in [0.2, 0.25) is 5.90 Å². The second-order valence-corrected chi connectivity index (χ2v) is 5.95. The van der Waals surface area contributed by atoms with Crippen molar-refractivity contribution < 1.29 is 28.5 Å². The molecule has 1 aliphatic rings. The van der Waals surface area contributed by atoms with E-state index in [0.717, 1.165) is 10.6 Å². The SMILES string of the molecule is C=C1N(C(=O)OCC)N=C(OCC)C1(Cc1ccc(OC)cc1)C(=O)OCC. The van der Waals surface area contributed by atoms with Crippen LogP contribution in [0.1, 0.15) is 26.3 Å². The lowest BCUT2D eigenvalue weighted by molar-refractivity contribution is -0.150. The second kappa shape index (κ2) is 9.25. The normalized spacial score (nSPS) is 18.5. The van der Waals surface area contributed by atoms with Crippen LogP contribution in [0.25, 0.3) is 0 Å². The van der Waals surface area contributed by atoms with Gasteiger partial charge in [-0.05, 0) is 38.5 Å². The summed E-state index contributed by atoms with van der Waals surface area (Å²) in [5.41, 5.74) is -0.537. The number of carbonyl (C=O) groups is 2. The smallest absolute Gasteiger partial charge is 0.435 e. The zero-order chi connectivity index (χ0) is 20.7. The molecule has 0 fully saturated rings. The number of hydrogen-bond acceptors (Lipinski definition) is 7. The Kier molecular flexibility index (Phi) is 7.03. The molecule has 0 bridgehead atoms. The van der Waals surface area contributed by atoms with Crippen molar-refractivity contribution in [1.82, 2.24) is 5.01 Å². The molecule has 0 saturated heterocycles. The topological polar surface area (TPSA) is 86.7 Å². The summed E-state index contributed by atoms with van der Waals surface area (Å²) in [5, 5.41) is 5.16. The third-order valence-electron chi connectivity index (χ3n) is 4.28. The molecular weight excluding hydrogens is 364 g/mol. The summed E-state index contributed by atoms with van der Waals surface area (Å²) in [4.78, 5) is 25.4. The highest BCUT2D eigenvalue weighted by molar-refractivity contribution is 6.08. The highest BCUT2D eigenvalue weighted by Gasteiger charge is 2.57. The lowest BCUT2D eigenvalue weighted by Crippen LogP contribution is -2.44. The Morgan fingerprint density at radius 1 is 1.07 bits per heavy atom. The average Bonchev–Trinajstić information content (AvgIpc) is 2.96. The molecule has 1 aliphatic heterocycles. The van der Waals surface area contributed by atoms with Crippen LogP contribution in [-0.4, -0.2) is 49.9 Å². The zero-order valence-electron chi connectivity index (χ0n) is 16.7. The van der Waals surface area contributed by atoms with E-state index in [1.807, 2.05) is 12.1 Å². The van der Waals surface area contributed by atoms with E-state index >= 15 is 0 Å². The minimum absolute atomic E-state index is 0.0577. The Balaban J connectivity index is 2.51. The van der Waals surface area contributed by atoms with Gasteiger partial charge < -0.3 is 18.9 Å². The monoisotopic (exact) mass is 390 g/mol. The van der Waals surface area contributed by atoms with Crippen molar-refractivity contribution >= 4 is 18.0 Å². The standard InChI is InChI=1S/C20H26N2O6/c1-6-26-17-20(18(23)27-7-2,13-15-9-11-16(25-5)12-10-15)14(4)22(21-17)19(24)28-8-3/h9-12H,4,6-8,13H2,1-3,5H3. The lowest BCUT2D eigenvalue weighted by atomic mass is 9.79. The molecule has 0 aromatic heterocycles. The van der Waals surface area contributed by atoms with E-state index in [9.17, 15) is 9.59 Å². The second-order valence-electron chi connectivity index (χ2n) is 5.95. The fraction of sp³-hybridized carbons (Fsp3) is 0.450. The predicted octanol–water partition coefficient (Wildman–Crippen LogP) is 3.12. The summed E-state index contributed by atoms with van der Waals surface area (Å²) in [6, 6.07) is 7.21. The molecule has 1 atom stereocenters. The third-order valence-corrected chi connectivity index (χ3v) is 4.28. The summed E-state index contributed by atoms with van der Waals surface area (Å²) in [5.74, 6) is 0.156. The van der Waals surface area contributed by atoms with Crippen molar-refractivity contribution in [3.63, 3.8) is 0 Å². The Bertz CT molecular complexity index is 758. The van der Waals surface area contributed by atoms with E-state index in [1.54, 1.807) is 40.0 Å². The number of ether oxygens (including phenoxy) is 4. The van der Waals surface area contributed by atoms with Gasteiger partial charge >= 0.3 is 12.1 Å². The molecule has 1 heterocycles. The summed E-state index contributed by atoms with van der Waals surface area (Å²) in [7, 11) is 1.57. The van der Waals surface area contributed by atoms with E-state index in [-0.39, 0.29) is 37.8 Å². The first-order valence-electron chi connectivity index (χ1n) is 9.12. The first-order chi connectivity index (χ1) is 13.4. The lowest BCUT2D eigenvalue weighted by Gasteiger charge is -2.29. The first-order valence-corrected chi connectivity index (χ1v) is 9.12. The quantitative estimate of drug-likeness (QED) is 0.665. The number of benzene rings is 1. The molecular formula is C20H26N2O6. The molecule has 0 N–H and O–H groups in total. The van der Waals surface area contributed by atoms with Gasteiger partial charge in [0.15, 0.2) is 5.41 Å². The van der Waals surface area contributed by atoms with Crippen LogP contribution in [-0.2, 0) is 25.4 Å². The number of hydrazone groups is 1. The van der Waals surface area contributed by atoms with Crippen LogP contribution in [0, 0.1) is 5.41 Å². The van der Waals surface area contributed by atoms with E-state index in [4.69, 9.17) is 18.9 Å². The third kappa shape index (κ3) is 3.95. The van der Waals surface area contributed by atoms with Gasteiger partial charge in [-0.15, -0.1) is 5.10 Å². The van der Waals surface area contributed by atoms with Crippen LogP contribution >= 0.6 is 0 Å². The Hall–Kier alpha value is -3.03. The highest BCUT2D eigenvalue weighted by atomic mass is 16.6. The number of nitrogens with zero attached hydrogens (tertiary/aromatic N) is 2. The maximum absolute atomic E-state index is 13.1. The van der Waals surface area contributed by atoms with E-state index in [1.165, 1.54) is 0 Å². The van der Waals surface area contributed by atoms with E-state index in [2.05, 4.69) is 11.7 Å². The van der Waals surface area contributed by atoms with E-state index < -0.39 is 17.5 Å². The van der Waals surface area contributed by atoms with Crippen molar-refractivity contribution in [3.8, 4) is 5.75 Å². The maximum atomic E-state index is 13.1. The number of esters is 1. The van der Waals surface area contributed by atoms with Crippen LogP contribution in [0.4, 0.5) is 4.79 Å². The van der Waals surface area contributed by atoms with Gasteiger partial charge in [-0.25, -0.2) is 4.79 Å².